The topological polar surface area (TPSA) is 94.1 Å². The molecule has 10 heteroatoms. The molecule has 3 aliphatic carbocycles. The third-order valence-electron chi connectivity index (χ3n) is 11.5. The summed E-state index contributed by atoms with van der Waals surface area (Å²) in [5, 5.41) is 33.6. The SMILES string of the molecule is CC1=CCC[C@@]2(C)[C@@H](CC[C@@]2(O)CN2CCC[C@H]2CO)c2ccc(cc2C(=O)c2ccc(-c3cc(C(F)(F)F)ccc3Cl)o2)C[C@@H](O)CC1. The largest absolute Gasteiger partial charge is 0.453 e. The molecule has 3 aromatic rings. The first-order chi connectivity index (χ1) is 23.2. The molecule has 1 saturated carbocycles. The van der Waals surface area contributed by atoms with Crippen molar-refractivity contribution in [1.29, 1.82) is 0 Å². The molecular weight excluding hydrogens is 655 g/mol. The van der Waals surface area contributed by atoms with Gasteiger partial charge in [0.1, 0.15) is 5.76 Å². The van der Waals surface area contributed by atoms with E-state index in [1.165, 1.54) is 17.7 Å². The molecule has 1 saturated heterocycles. The summed E-state index contributed by atoms with van der Waals surface area (Å²) in [5.74, 6) is -0.628. The summed E-state index contributed by atoms with van der Waals surface area (Å²) < 4.78 is 46.5. The molecule has 4 aliphatic rings. The standard InChI is InChI=1S/C39H45ClF3NO5/c1-24-5-3-16-37(2)32(15-17-38(37,48)23-44-18-4-6-27(44)22-45)29-11-8-25(19-28(46)10-7-24)20-30(29)36(47)35-14-13-34(49-35)31-21-26(39(41,42)43)9-12-33(31)40/h5,8-9,11-14,20-21,27-28,32,45-46,48H,3-4,6-7,10,15-19,22-23H2,1-2H3/t27-,28-,32-,37-,38+/m0/s1. The van der Waals surface area contributed by atoms with Crippen LogP contribution in [0.2, 0.25) is 5.02 Å². The number of hydrogen-bond donors (Lipinski definition) is 3. The number of benzene rings is 2. The van der Waals surface area contributed by atoms with E-state index in [2.05, 4.69) is 24.8 Å². The van der Waals surface area contributed by atoms with Crippen molar-refractivity contribution in [2.45, 2.75) is 101 Å². The Hall–Kier alpha value is -2.95. The number of carbonyl (C=O) groups is 1. The number of aliphatic hydroxyl groups is 3. The average molecular weight is 700 g/mol. The highest BCUT2D eigenvalue weighted by atomic mass is 35.5. The molecule has 2 aromatic carbocycles. The summed E-state index contributed by atoms with van der Waals surface area (Å²) in [6, 6.07) is 11.6. The lowest BCUT2D eigenvalue weighted by atomic mass is 9.64. The number of fused-ring (bicyclic) bond motifs is 8. The number of allylic oxidation sites excluding steroid dienone is 2. The molecule has 0 amide bonds. The zero-order chi connectivity index (χ0) is 35.1. The van der Waals surface area contributed by atoms with E-state index in [-0.39, 0.29) is 40.7 Å². The fourth-order valence-electron chi connectivity index (χ4n) is 8.47. The van der Waals surface area contributed by atoms with Crippen LogP contribution in [0.1, 0.15) is 104 Å². The normalized spacial score (nSPS) is 28.3. The van der Waals surface area contributed by atoms with Crippen LogP contribution in [-0.4, -0.2) is 63.4 Å². The third kappa shape index (κ3) is 7.15. The second-order valence-corrected chi connectivity index (χ2v) is 15.0. The van der Waals surface area contributed by atoms with Gasteiger partial charge in [-0.25, -0.2) is 0 Å². The number of halogens is 4. The van der Waals surface area contributed by atoms with Crippen molar-refractivity contribution >= 4 is 17.4 Å². The van der Waals surface area contributed by atoms with Crippen molar-refractivity contribution in [2.75, 3.05) is 19.7 Å². The molecule has 5 atom stereocenters. The highest BCUT2D eigenvalue weighted by Gasteiger charge is 2.57. The van der Waals surface area contributed by atoms with Crippen LogP contribution in [0.25, 0.3) is 11.3 Å². The van der Waals surface area contributed by atoms with Crippen LogP contribution in [-0.2, 0) is 12.6 Å². The smallest absolute Gasteiger partial charge is 0.416 e. The fourth-order valence-corrected chi connectivity index (χ4v) is 8.68. The summed E-state index contributed by atoms with van der Waals surface area (Å²) in [6.45, 7) is 5.48. The number of ketones is 1. The molecule has 2 fully saturated rings. The van der Waals surface area contributed by atoms with Gasteiger partial charge in [0.2, 0.25) is 5.78 Å². The van der Waals surface area contributed by atoms with Crippen molar-refractivity contribution < 1.29 is 37.7 Å². The van der Waals surface area contributed by atoms with Crippen LogP contribution in [0, 0.1) is 5.41 Å². The molecular formula is C39H45ClF3NO5. The van der Waals surface area contributed by atoms with E-state index in [1.807, 2.05) is 12.1 Å². The summed E-state index contributed by atoms with van der Waals surface area (Å²) in [4.78, 5) is 16.6. The molecule has 49 heavy (non-hydrogen) atoms. The predicted octanol–water partition coefficient (Wildman–Crippen LogP) is 8.35. The first kappa shape index (κ1) is 35.9. The van der Waals surface area contributed by atoms with Crippen molar-refractivity contribution in [2.24, 2.45) is 5.41 Å². The third-order valence-corrected chi connectivity index (χ3v) is 11.8. The number of furan rings is 1. The number of β-amino-alcohol motifs (C(OH)–C–C–N with tert-alkyl or cyclic N) is 1. The molecule has 2 bridgehead atoms. The predicted molar refractivity (Wildman–Crippen MR) is 183 cm³/mol. The summed E-state index contributed by atoms with van der Waals surface area (Å²) in [7, 11) is 0. The molecule has 2 heterocycles. The van der Waals surface area contributed by atoms with E-state index in [4.69, 9.17) is 16.0 Å². The Balaban J connectivity index is 1.42. The van der Waals surface area contributed by atoms with Gasteiger partial charge in [0.05, 0.1) is 28.9 Å². The molecule has 0 unspecified atom stereocenters. The van der Waals surface area contributed by atoms with Gasteiger partial charge in [0.15, 0.2) is 5.76 Å². The first-order valence-electron chi connectivity index (χ1n) is 17.3. The average Bonchev–Trinajstić information content (AvgIpc) is 3.78. The highest BCUT2D eigenvalue weighted by Crippen LogP contribution is 2.59. The zero-order valence-corrected chi connectivity index (χ0v) is 28.8. The van der Waals surface area contributed by atoms with E-state index in [0.717, 1.165) is 61.6 Å². The molecule has 264 valence electrons. The van der Waals surface area contributed by atoms with E-state index in [9.17, 15) is 33.3 Å². The highest BCUT2D eigenvalue weighted by molar-refractivity contribution is 6.33. The van der Waals surface area contributed by atoms with Gasteiger partial charge in [-0.2, -0.15) is 13.2 Å². The summed E-state index contributed by atoms with van der Waals surface area (Å²) in [5.41, 5.74) is 0.570. The van der Waals surface area contributed by atoms with Crippen molar-refractivity contribution in [3.63, 3.8) is 0 Å². The number of carbonyl (C=O) groups excluding carboxylic acids is 1. The maximum atomic E-state index is 14.4. The van der Waals surface area contributed by atoms with Crippen LogP contribution in [0.3, 0.4) is 0 Å². The van der Waals surface area contributed by atoms with Gasteiger partial charge in [-0.1, -0.05) is 42.3 Å². The van der Waals surface area contributed by atoms with Gasteiger partial charge in [-0.05, 0) is 125 Å². The van der Waals surface area contributed by atoms with Crippen molar-refractivity contribution in [3.8, 4) is 11.3 Å². The Morgan fingerprint density at radius 2 is 1.88 bits per heavy atom. The van der Waals surface area contributed by atoms with Crippen LogP contribution in [0.15, 0.2) is 64.6 Å². The quantitative estimate of drug-likeness (QED) is 0.177. The number of aliphatic hydroxyl groups excluding tert-OH is 2. The first-order valence-corrected chi connectivity index (χ1v) is 17.7. The molecule has 6 nitrogen and oxygen atoms in total. The van der Waals surface area contributed by atoms with Crippen LogP contribution >= 0.6 is 11.6 Å². The Morgan fingerprint density at radius 1 is 1.08 bits per heavy atom. The lowest BCUT2D eigenvalue weighted by Gasteiger charge is -2.46. The minimum atomic E-state index is -4.58. The zero-order valence-electron chi connectivity index (χ0n) is 28.0. The van der Waals surface area contributed by atoms with Gasteiger partial charge in [-0.15, -0.1) is 0 Å². The maximum absolute atomic E-state index is 14.4. The van der Waals surface area contributed by atoms with Crippen LogP contribution < -0.4 is 0 Å². The number of nitrogens with zero attached hydrogens (tertiary/aromatic N) is 1. The molecule has 7 rings (SSSR count). The summed E-state index contributed by atoms with van der Waals surface area (Å²) in [6.07, 6.45) is 3.05. The Morgan fingerprint density at radius 3 is 2.63 bits per heavy atom. The van der Waals surface area contributed by atoms with Crippen LogP contribution in [0.5, 0.6) is 0 Å². The van der Waals surface area contributed by atoms with Crippen LogP contribution in [0.4, 0.5) is 13.2 Å². The van der Waals surface area contributed by atoms with Gasteiger partial charge in [0.25, 0.3) is 0 Å². The van der Waals surface area contributed by atoms with Gasteiger partial charge in [-0.3, -0.25) is 9.69 Å². The summed E-state index contributed by atoms with van der Waals surface area (Å²) >= 11 is 6.29. The van der Waals surface area contributed by atoms with E-state index in [0.29, 0.717) is 44.2 Å². The fraction of sp³-hybridized carbons (Fsp3) is 0.513. The van der Waals surface area contributed by atoms with Crippen molar-refractivity contribution in [1.82, 2.24) is 4.90 Å². The molecule has 0 spiro atoms. The van der Waals surface area contributed by atoms with Gasteiger partial charge >= 0.3 is 6.18 Å². The van der Waals surface area contributed by atoms with E-state index in [1.54, 1.807) is 6.07 Å². The Bertz CT molecular complexity index is 1720. The number of rotatable bonds is 6. The lowest BCUT2D eigenvalue weighted by Crippen LogP contribution is -2.53. The number of alkyl halides is 3. The lowest BCUT2D eigenvalue weighted by molar-refractivity contribution is -0.137. The number of hydrogen-bond acceptors (Lipinski definition) is 6. The van der Waals surface area contributed by atoms with E-state index >= 15 is 0 Å². The molecule has 1 aliphatic heterocycles. The monoisotopic (exact) mass is 699 g/mol. The molecule has 3 N–H and O–H groups in total. The van der Waals surface area contributed by atoms with E-state index < -0.39 is 34.6 Å². The number of likely N-dealkylation sites (tertiary alicyclic amines) is 1. The second-order valence-electron chi connectivity index (χ2n) is 14.6. The van der Waals surface area contributed by atoms with Crippen molar-refractivity contribution in [3.05, 3.63) is 93.2 Å². The second kappa shape index (κ2) is 14.0. The molecule has 1 aromatic heterocycles. The minimum Gasteiger partial charge on any atom is -0.453 e. The Kier molecular flexibility index (Phi) is 10.2. The Labute approximate surface area is 290 Å². The van der Waals surface area contributed by atoms with Gasteiger partial charge < -0.3 is 19.7 Å². The maximum Gasteiger partial charge on any atom is 0.416 e. The van der Waals surface area contributed by atoms with Gasteiger partial charge in [0, 0.05) is 29.1 Å². The molecule has 0 radical (unpaired) electrons. The minimum absolute atomic E-state index is 0.00801.